The molecule has 0 bridgehead atoms. The van der Waals surface area contributed by atoms with Crippen molar-refractivity contribution < 1.29 is 15.0 Å². The number of aldehydes is 1. The lowest BCUT2D eigenvalue weighted by molar-refractivity contribution is 0.111. The van der Waals surface area contributed by atoms with Crippen molar-refractivity contribution in [3.05, 3.63) is 72.3 Å². The van der Waals surface area contributed by atoms with Gasteiger partial charge >= 0.3 is 0 Å². The molecule has 0 unspecified atom stereocenters. The van der Waals surface area contributed by atoms with Crippen LogP contribution >= 0.6 is 0 Å². The lowest BCUT2D eigenvalue weighted by Gasteiger charge is -2.15. The van der Waals surface area contributed by atoms with E-state index in [0.717, 1.165) is 16.3 Å². The Kier molecular flexibility index (Phi) is 3.21. The molecule has 0 amide bonds. The number of phenolic OH excluding ortho intramolecular Hbond substituents is 2. The minimum Gasteiger partial charge on any atom is -0.506 e. The van der Waals surface area contributed by atoms with Crippen molar-refractivity contribution in [2.45, 2.75) is 0 Å². The van der Waals surface area contributed by atoms with E-state index < -0.39 is 0 Å². The number of hydrogen-bond acceptors (Lipinski definition) is 3. The van der Waals surface area contributed by atoms with Gasteiger partial charge in [0.1, 0.15) is 11.5 Å². The number of aromatic hydroxyl groups is 2. The summed E-state index contributed by atoms with van der Waals surface area (Å²) in [6.07, 6.45) is 0.492. The standard InChI is InChI=1S/C21H14O3/c22-12-18-20(23)17-10-4-3-9-16(17)19(21(18)24)15-11-5-7-13-6-1-2-8-14(13)15/h1-12,23-24H. The average Bonchev–Trinajstić information content (AvgIpc) is 2.62. The van der Waals surface area contributed by atoms with Crippen LogP contribution in [0.1, 0.15) is 10.4 Å². The van der Waals surface area contributed by atoms with Crippen molar-refractivity contribution in [2.75, 3.05) is 0 Å². The first kappa shape index (κ1) is 14.3. The highest BCUT2D eigenvalue weighted by atomic mass is 16.3. The van der Waals surface area contributed by atoms with Crippen molar-refractivity contribution >= 4 is 27.8 Å². The second kappa shape index (κ2) is 5.39. The topological polar surface area (TPSA) is 57.5 Å². The molecule has 0 aromatic heterocycles. The molecule has 24 heavy (non-hydrogen) atoms. The summed E-state index contributed by atoms with van der Waals surface area (Å²) in [6.45, 7) is 0. The molecule has 2 N–H and O–H groups in total. The fourth-order valence-electron chi connectivity index (χ4n) is 3.25. The highest BCUT2D eigenvalue weighted by molar-refractivity contribution is 6.12. The van der Waals surface area contributed by atoms with E-state index in [2.05, 4.69) is 0 Å². The fourth-order valence-corrected chi connectivity index (χ4v) is 3.25. The fraction of sp³-hybridized carbons (Fsp3) is 0. The zero-order chi connectivity index (χ0) is 16.7. The Hall–Kier alpha value is -3.33. The Morgan fingerprint density at radius 1 is 0.667 bits per heavy atom. The maximum atomic E-state index is 11.4. The number of carbonyl (C=O) groups is 1. The summed E-state index contributed by atoms with van der Waals surface area (Å²) < 4.78 is 0. The van der Waals surface area contributed by atoms with Gasteiger partial charge in [-0.1, -0.05) is 66.7 Å². The maximum absolute atomic E-state index is 11.4. The lowest BCUT2D eigenvalue weighted by Crippen LogP contribution is -1.91. The molecule has 0 saturated heterocycles. The minimum atomic E-state index is -0.197. The summed E-state index contributed by atoms with van der Waals surface area (Å²) in [5.41, 5.74) is 1.30. The van der Waals surface area contributed by atoms with Crippen LogP contribution in [0.4, 0.5) is 0 Å². The molecule has 4 aromatic carbocycles. The van der Waals surface area contributed by atoms with Crippen LogP contribution in [0.2, 0.25) is 0 Å². The molecule has 0 aliphatic rings. The molecule has 0 aliphatic carbocycles. The van der Waals surface area contributed by atoms with Gasteiger partial charge in [-0.2, -0.15) is 0 Å². The molecule has 4 rings (SSSR count). The van der Waals surface area contributed by atoms with Gasteiger partial charge in [0, 0.05) is 10.9 Å². The quantitative estimate of drug-likeness (QED) is 0.518. The van der Waals surface area contributed by atoms with Gasteiger partial charge in [-0.3, -0.25) is 4.79 Å². The van der Waals surface area contributed by atoms with Gasteiger partial charge in [0.25, 0.3) is 0 Å². The summed E-state index contributed by atoms with van der Waals surface area (Å²) in [6, 6.07) is 20.9. The monoisotopic (exact) mass is 314 g/mol. The molecule has 0 aliphatic heterocycles. The lowest BCUT2D eigenvalue weighted by atomic mass is 9.90. The predicted octanol–water partition coefficient (Wildman–Crippen LogP) is 4.88. The van der Waals surface area contributed by atoms with Gasteiger partial charge in [0.2, 0.25) is 0 Å². The molecule has 116 valence electrons. The first-order valence-electron chi connectivity index (χ1n) is 7.62. The zero-order valence-electron chi connectivity index (χ0n) is 12.7. The Bertz CT molecular complexity index is 1090. The molecule has 3 nitrogen and oxygen atoms in total. The third-order valence-electron chi connectivity index (χ3n) is 4.38. The summed E-state index contributed by atoms with van der Waals surface area (Å²) in [4.78, 5) is 11.4. The molecular weight excluding hydrogens is 300 g/mol. The number of phenols is 2. The smallest absolute Gasteiger partial charge is 0.157 e. The number of hydrogen-bond donors (Lipinski definition) is 2. The van der Waals surface area contributed by atoms with Gasteiger partial charge < -0.3 is 10.2 Å². The Morgan fingerprint density at radius 2 is 1.29 bits per heavy atom. The number of benzene rings is 4. The molecule has 3 heteroatoms. The van der Waals surface area contributed by atoms with Gasteiger partial charge in [0.15, 0.2) is 6.29 Å². The van der Waals surface area contributed by atoms with E-state index in [1.54, 1.807) is 12.1 Å². The van der Waals surface area contributed by atoms with Crippen LogP contribution in [-0.2, 0) is 0 Å². The van der Waals surface area contributed by atoms with Gasteiger partial charge in [0.05, 0.1) is 5.56 Å². The van der Waals surface area contributed by atoms with E-state index in [1.807, 2.05) is 54.6 Å². The summed E-state index contributed by atoms with van der Waals surface area (Å²) in [5.74, 6) is -0.389. The van der Waals surface area contributed by atoms with Gasteiger partial charge in [-0.25, -0.2) is 0 Å². The number of rotatable bonds is 2. The van der Waals surface area contributed by atoms with E-state index >= 15 is 0 Å². The van der Waals surface area contributed by atoms with E-state index in [-0.39, 0.29) is 17.1 Å². The molecule has 4 aromatic rings. The molecule has 0 atom stereocenters. The predicted molar refractivity (Wildman–Crippen MR) is 95.6 cm³/mol. The summed E-state index contributed by atoms with van der Waals surface area (Å²) in [5, 5.41) is 24.3. The molecular formula is C21H14O3. The van der Waals surface area contributed by atoms with E-state index in [0.29, 0.717) is 22.6 Å². The third-order valence-corrected chi connectivity index (χ3v) is 4.38. The number of carbonyl (C=O) groups excluding carboxylic acids is 1. The third kappa shape index (κ3) is 1.95. The second-order valence-corrected chi connectivity index (χ2v) is 5.68. The first-order valence-corrected chi connectivity index (χ1v) is 7.62. The van der Waals surface area contributed by atoms with Gasteiger partial charge in [-0.15, -0.1) is 0 Å². The van der Waals surface area contributed by atoms with Crippen molar-refractivity contribution in [1.82, 2.24) is 0 Å². The normalized spacial score (nSPS) is 11.0. The molecule has 0 heterocycles. The van der Waals surface area contributed by atoms with Crippen molar-refractivity contribution in [3.63, 3.8) is 0 Å². The second-order valence-electron chi connectivity index (χ2n) is 5.68. The Morgan fingerprint density at radius 3 is 2.04 bits per heavy atom. The maximum Gasteiger partial charge on any atom is 0.157 e. The van der Waals surface area contributed by atoms with Gasteiger partial charge in [-0.05, 0) is 21.7 Å². The number of fused-ring (bicyclic) bond motifs is 2. The van der Waals surface area contributed by atoms with Crippen LogP contribution in [-0.4, -0.2) is 16.5 Å². The molecule has 0 radical (unpaired) electrons. The molecule has 0 fully saturated rings. The molecule has 0 spiro atoms. The highest BCUT2D eigenvalue weighted by Gasteiger charge is 2.20. The first-order chi connectivity index (χ1) is 11.7. The van der Waals surface area contributed by atoms with Crippen molar-refractivity contribution in [1.29, 1.82) is 0 Å². The summed E-state index contributed by atoms with van der Waals surface area (Å²) >= 11 is 0. The Labute approximate surface area is 138 Å². The van der Waals surface area contributed by atoms with Crippen LogP contribution in [0.5, 0.6) is 11.5 Å². The van der Waals surface area contributed by atoms with E-state index in [1.165, 1.54) is 0 Å². The summed E-state index contributed by atoms with van der Waals surface area (Å²) in [7, 11) is 0. The Balaban J connectivity index is 2.23. The van der Waals surface area contributed by atoms with Crippen LogP contribution in [0.15, 0.2) is 66.7 Å². The van der Waals surface area contributed by atoms with E-state index in [4.69, 9.17) is 0 Å². The SMILES string of the molecule is O=Cc1c(O)c(-c2cccc3ccccc23)c2ccccc2c1O. The van der Waals surface area contributed by atoms with Crippen LogP contribution in [0, 0.1) is 0 Å². The highest BCUT2D eigenvalue weighted by Crippen LogP contribution is 2.45. The minimum absolute atomic E-state index is 0.0864. The van der Waals surface area contributed by atoms with Crippen molar-refractivity contribution in [3.8, 4) is 22.6 Å². The van der Waals surface area contributed by atoms with Crippen molar-refractivity contribution in [2.24, 2.45) is 0 Å². The van der Waals surface area contributed by atoms with E-state index in [9.17, 15) is 15.0 Å². The average molecular weight is 314 g/mol. The molecule has 0 saturated carbocycles. The van der Waals surface area contributed by atoms with Crippen LogP contribution in [0.3, 0.4) is 0 Å². The van der Waals surface area contributed by atoms with Crippen LogP contribution in [0.25, 0.3) is 32.7 Å². The largest absolute Gasteiger partial charge is 0.506 e. The zero-order valence-corrected chi connectivity index (χ0v) is 12.7. The van der Waals surface area contributed by atoms with Crippen LogP contribution < -0.4 is 0 Å².